The van der Waals surface area contributed by atoms with Gasteiger partial charge in [-0.1, -0.05) is 42.5 Å². The van der Waals surface area contributed by atoms with Gasteiger partial charge in [0.25, 0.3) is 0 Å². The topological polar surface area (TPSA) is 21.3 Å². The summed E-state index contributed by atoms with van der Waals surface area (Å²) in [4.78, 5) is 0. The first-order chi connectivity index (χ1) is 8.45. The second kappa shape index (κ2) is 7.25. The van der Waals surface area contributed by atoms with Crippen molar-refractivity contribution < 1.29 is 4.74 Å². The van der Waals surface area contributed by atoms with Crippen molar-refractivity contribution in [2.45, 2.75) is 12.8 Å². The van der Waals surface area contributed by atoms with Crippen molar-refractivity contribution in [1.29, 1.82) is 0 Å². The molecule has 1 atom stereocenters. The Morgan fingerprint density at radius 1 is 1.29 bits per heavy atom. The van der Waals surface area contributed by atoms with Gasteiger partial charge in [0.1, 0.15) is 0 Å². The molecule has 0 bridgehead atoms. The molecule has 1 N–H and O–H groups in total. The summed E-state index contributed by atoms with van der Waals surface area (Å²) >= 11 is 0. The third kappa shape index (κ3) is 4.72. The zero-order valence-electron chi connectivity index (χ0n) is 10.3. The molecule has 1 aromatic rings. The van der Waals surface area contributed by atoms with Crippen LogP contribution in [-0.2, 0) is 4.74 Å². The molecule has 0 aromatic heterocycles. The standard InChI is InChI=1S/C15H21NO/c1-2-6-14(7-3-1)8-4-10-16-12-15-9-5-11-17-13-15/h1-4,6-8,15-16H,5,9-13H2/b8-4+. The number of ether oxygens (including phenoxy) is 1. The van der Waals surface area contributed by atoms with E-state index in [0.29, 0.717) is 5.92 Å². The molecule has 17 heavy (non-hydrogen) atoms. The summed E-state index contributed by atoms with van der Waals surface area (Å²) in [5, 5.41) is 3.46. The molecule has 0 saturated carbocycles. The molecule has 2 rings (SSSR count). The number of benzene rings is 1. The van der Waals surface area contributed by atoms with E-state index >= 15 is 0 Å². The zero-order chi connectivity index (χ0) is 11.8. The van der Waals surface area contributed by atoms with Crippen molar-refractivity contribution in [3.63, 3.8) is 0 Å². The van der Waals surface area contributed by atoms with Crippen LogP contribution in [0.3, 0.4) is 0 Å². The summed E-state index contributed by atoms with van der Waals surface area (Å²) in [6, 6.07) is 10.4. The van der Waals surface area contributed by atoms with E-state index in [0.717, 1.165) is 26.3 Å². The highest BCUT2D eigenvalue weighted by molar-refractivity contribution is 5.48. The fraction of sp³-hybridized carbons (Fsp3) is 0.467. The minimum Gasteiger partial charge on any atom is -0.381 e. The highest BCUT2D eigenvalue weighted by atomic mass is 16.5. The molecular formula is C15H21NO. The summed E-state index contributed by atoms with van der Waals surface area (Å²) in [7, 11) is 0. The van der Waals surface area contributed by atoms with E-state index in [1.54, 1.807) is 0 Å². The van der Waals surface area contributed by atoms with Crippen LogP contribution >= 0.6 is 0 Å². The summed E-state index contributed by atoms with van der Waals surface area (Å²) in [5.74, 6) is 0.703. The van der Waals surface area contributed by atoms with E-state index in [1.165, 1.54) is 18.4 Å². The van der Waals surface area contributed by atoms with Crippen molar-refractivity contribution in [2.75, 3.05) is 26.3 Å². The lowest BCUT2D eigenvalue weighted by Gasteiger charge is -2.21. The Kier molecular flexibility index (Phi) is 5.27. The van der Waals surface area contributed by atoms with Crippen molar-refractivity contribution in [1.82, 2.24) is 5.32 Å². The van der Waals surface area contributed by atoms with E-state index in [9.17, 15) is 0 Å². The van der Waals surface area contributed by atoms with Gasteiger partial charge in [-0.3, -0.25) is 0 Å². The quantitative estimate of drug-likeness (QED) is 0.787. The van der Waals surface area contributed by atoms with E-state index in [-0.39, 0.29) is 0 Å². The summed E-state index contributed by atoms with van der Waals surface area (Å²) in [6.07, 6.45) is 6.85. The molecule has 92 valence electrons. The van der Waals surface area contributed by atoms with Gasteiger partial charge in [-0.25, -0.2) is 0 Å². The number of hydrogen-bond donors (Lipinski definition) is 1. The maximum absolute atomic E-state index is 5.45. The lowest BCUT2D eigenvalue weighted by atomic mass is 10.0. The smallest absolute Gasteiger partial charge is 0.0506 e. The van der Waals surface area contributed by atoms with E-state index in [1.807, 2.05) is 6.07 Å². The van der Waals surface area contributed by atoms with Crippen LogP contribution in [-0.4, -0.2) is 26.3 Å². The number of hydrogen-bond acceptors (Lipinski definition) is 2. The maximum Gasteiger partial charge on any atom is 0.0506 e. The lowest BCUT2D eigenvalue weighted by molar-refractivity contribution is 0.0552. The second-order valence-corrected chi connectivity index (χ2v) is 4.55. The molecule has 2 heteroatoms. The molecule has 0 amide bonds. The van der Waals surface area contributed by atoms with Gasteiger partial charge in [-0.05, 0) is 24.3 Å². The van der Waals surface area contributed by atoms with E-state index in [4.69, 9.17) is 4.74 Å². The summed E-state index contributed by atoms with van der Waals surface area (Å²) < 4.78 is 5.45. The maximum atomic E-state index is 5.45. The molecule has 1 unspecified atom stereocenters. The molecule has 0 aliphatic carbocycles. The Morgan fingerprint density at radius 3 is 2.94 bits per heavy atom. The molecule has 2 nitrogen and oxygen atoms in total. The molecule has 1 heterocycles. The minimum absolute atomic E-state index is 0.703. The van der Waals surface area contributed by atoms with Crippen LogP contribution in [0, 0.1) is 5.92 Å². The summed E-state index contributed by atoms with van der Waals surface area (Å²) in [6.45, 7) is 3.88. The predicted octanol–water partition coefficient (Wildman–Crippen LogP) is 2.72. The van der Waals surface area contributed by atoms with Crippen LogP contribution < -0.4 is 5.32 Å². The Labute approximate surface area is 104 Å². The Morgan fingerprint density at radius 2 is 2.18 bits per heavy atom. The van der Waals surface area contributed by atoms with Gasteiger partial charge in [0.05, 0.1) is 6.61 Å². The normalized spacial score (nSPS) is 20.8. The van der Waals surface area contributed by atoms with Crippen LogP contribution in [0.5, 0.6) is 0 Å². The Bertz CT molecular complexity index is 328. The Hall–Kier alpha value is -1.12. The van der Waals surface area contributed by atoms with Crippen LogP contribution in [0.1, 0.15) is 18.4 Å². The fourth-order valence-corrected chi connectivity index (χ4v) is 2.10. The van der Waals surface area contributed by atoms with Gasteiger partial charge in [0.2, 0.25) is 0 Å². The molecule has 1 saturated heterocycles. The van der Waals surface area contributed by atoms with E-state index < -0.39 is 0 Å². The summed E-state index contributed by atoms with van der Waals surface area (Å²) in [5.41, 5.74) is 1.26. The largest absolute Gasteiger partial charge is 0.381 e. The molecular weight excluding hydrogens is 210 g/mol. The third-order valence-corrected chi connectivity index (χ3v) is 3.06. The average Bonchev–Trinajstić information content (AvgIpc) is 2.41. The molecule has 0 radical (unpaired) electrons. The Balaban J connectivity index is 1.61. The first-order valence-corrected chi connectivity index (χ1v) is 6.45. The second-order valence-electron chi connectivity index (χ2n) is 4.55. The van der Waals surface area contributed by atoms with Crippen molar-refractivity contribution >= 4 is 6.08 Å². The van der Waals surface area contributed by atoms with Gasteiger partial charge in [-0.2, -0.15) is 0 Å². The van der Waals surface area contributed by atoms with Crippen LogP contribution in [0.15, 0.2) is 36.4 Å². The van der Waals surface area contributed by atoms with Crippen LogP contribution in [0.2, 0.25) is 0 Å². The highest BCUT2D eigenvalue weighted by Crippen LogP contribution is 2.11. The van der Waals surface area contributed by atoms with Gasteiger partial charge in [0.15, 0.2) is 0 Å². The van der Waals surface area contributed by atoms with Crippen molar-refractivity contribution in [3.8, 4) is 0 Å². The molecule has 1 aliphatic rings. The molecule has 1 aliphatic heterocycles. The molecule has 1 fully saturated rings. The monoisotopic (exact) mass is 231 g/mol. The first kappa shape index (κ1) is 12.3. The number of nitrogens with one attached hydrogen (secondary N) is 1. The van der Waals surface area contributed by atoms with Crippen LogP contribution in [0.4, 0.5) is 0 Å². The minimum atomic E-state index is 0.703. The van der Waals surface area contributed by atoms with E-state index in [2.05, 4.69) is 41.7 Å². The van der Waals surface area contributed by atoms with Gasteiger partial charge in [0, 0.05) is 19.7 Å². The predicted molar refractivity (Wildman–Crippen MR) is 71.9 cm³/mol. The fourth-order valence-electron chi connectivity index (χ4n) is 2.10. The van der Waals surface area contributed by atoms with Gasteiger partial charge >= 0.3 is 0 Å². The SMILES string of the molecule is C(=C\c1ccccc1)/CNCC1CCCOC1. The number of rotatable bonds is 5. The van der Waals surface area contributed by atoms with Crippen molar-refractivity contribution in [3.05, 3.63) is 42.0 Å². The van der Waals surface area contributed by atoms with Gasteiger partial charge in [-0.15, -0.1) is 0 Å². The average molecular weight is 231 g/mol. The highest BCUT2D eigenvalue weighted by Gasteiger charge is 2.12. The van der Waals surface area contributed by atoms with Crippen molar-refractivity contribution in [2.24, 2.45) is 5.92 Å². The molecule has 1 aromatic carbocycles. The van der Waals surface area contributed by atoms with Gasteiger partial charge < -0.3 is 10.1 Å². The lowest BCUT2D eigenvalue weighted by Crippen LogP contribution is -2.29. The zero-order valence-corrected chi connectivity index (χ0v) is 10.3. The first-order valence-electron chi connectivity index (χ1n) is 6.45. The third-order valence-electron chi connectivity index (χ3n) is 3.06. The molecule has 0 spiro atoms. The van der Waals surface area contributed by atoms with Crippen LogP contribution in [0.25, 0.3) is 6.08 Å².